The summed E-state index contributed by atoms with van der Waals surface area (Å²) in [6, 6.07) is 16.0. The van der Waals surface area contributed by atoms with Crippen molar-refractivity contribution >= 4 is 29.1 Å². The van der Waals surface area contributed by atoms with E-state index in [4.69, 9.17) is 0 Å². The minimum absolute atomic E-state index is 0.106. The average Bonchev–Trinajstić information content (AvgIpc) is 3.52. The smallest absolute Gasteiger partial charge is 0.255 e. The summed E-state index contributed by atoms with van der Waals surface area (Å²) < 4.78 is 0. The predicted octanol–water partition coefficient (Wildman–Crippen LogP) is 3.50. The van der Waals surface area contributed by atoms with Crippen molar-refractivity contribution in [2.75, 3.05) is 10.2 Å². The fraction of sp³-hybridized carbons (Fsp3) is 0.292. The van der Waals surface area contributed by atoms with Crippen LogP contribution in [0.3, 0.4) is 0 Å². The molecule has 2 bridgehead atoms. The largest absolute Gasteiger partial charge is 0.322 e. The quantitative estimate of drug-likeness (QED) is 0.651. The molecule has 0 radical (unpaired) electrons. The Morgan fingerprint density at radius 3 is 2.17 bits per heavy atom. The number of nitrogens with one attached hydrogen (secondary N) is 1. The number of hydrogen-bond acceptors (Lipinski definition) is 3. The van der Waals surface area contributed by atoms with E-state index in [1.165, 1.54) is 4.90 Å². The van der Waals surface area contributed by atoms with Crippen molar-refractivity contribution in [3.05, 3.63) is 72.3 Å². The lowest BCUT2D eigenvalue weighted by atomic mass is 9.63. The molecule has 0 aromatic heterocycles. The summed E-state index contributed by atoms with van der Waals surface area (Å²) in [6.45, 7) is 0. The lowest BCUT2D eigenvalue weighted by molar-refractivity contribution is -0.124. The van der Waals surface area contributed by atoms with Crippen LogP contribution in [0.5, 0.6) is 0 Å². The molecule has 29 heavy (non-hydrogen) atoms. The Labute approximate surface area is 168 Å². The van der Waals surface area contributed by atoms with Gasteiger partial charge in [-0.15, -0.1) is 0 Å². The SMILES string of the molecule is O=C(Nc1ccccc1)c1cccc(N2C(=O)[C@@H]3[C@@H]4C=C[C@@H]([C@H]5C[C@@H]45)[C@@H]3C2=O)c1. The van der Waals surface area contributed by atoms with Gasteiger partial charge in [0.15, 0.2) is 0 Å². The van der Waals surface area contributed by atoms with Crippen molar-refractivity contribution in [1.29, 1.82) is 0 Å². The number of imide groups is 1. The van der Waals surface area contributed by atoms with E-state index < -0.39 is 0 Å². The number of allylic oxidation sites excluding steroid dienone is 2. The number of para-hydroxylation sites is 1. The van der Waals surface area contributed by atoms with Crippen LogP contribution in [0.2, 0.25) is 0 Å². The van der Waals surface area contributed by atoms with E-state index in [2.05, 4.69) is 17.5 Å². The minimum atomic E-state index is -0.266. The van der Waals surface area contributed by atoms with Crippen molar-refractivity contribution in [3.63, 3.8) is 0 Å². The van der Waals surface area contributed by atoms with Crippen LogP contribution in [0.1, 0.15) is 16.8 Å². The van der Waals surface area contributed by atoms with Crippen molar-refractivity contribution in [2.45, 2.75) is 6.42 Å². The summed E-state index contributed by atoms with van der Waals surface area (Å²) in [5, 5.41) is 2.85. The Morgan fingerprint density at radius 2 is 1.52 bits per heavy atom. The molecule has 5 aliphatic rings. The van der Waals surface area contributed by atoms with E-state index >= 15 is 0 Å². The van der Waals surface area contributed by atoms with E-state index in [0.717, 1.165) is 6.42 Å². The molecule has 1 N–H and O–H groups in total. The predicted molar refractivity (Wildman–Crippen MR) is 108 cm³/mol. The van der Waals surface area contributed by atoms with Crippen LogP contribution in [0.4, 0.5) is 11.4 Å². The van der Waals surface area contributed by atoms with Crippen molar-refractivity contribution in [2.24, 2.45) is 35.5 Å². The van der Waals surface area contributed by atoms with E-state index in [9.17, 15) is 14.4 Å². The summed E-state index contributed by atoms with van der Waals surface area (Å²) in [6.07, 6.45) is 5.47. The molecule has 7 rings (SSSR count). The molecule has 4 aliphatic carbocycles. The molecule has 0 spiro atoms. The van der Waals surface area contributed by atoms with Crippen LogP contribution in [-0.4, -0.2) is 17.7 Å². The highest BCUT2D eigenvalue weighted by molar-refractivity contribution is 6.23. The summed E-state index contributed by atoms with van der Waals surface area (Å²) in [5.74, 6) is 0.596. The second kappa shape index (κ2) is 5.89. The molecule has 0 unspecified atom stereocenters. The zero-order chi connectivity index (χ0) is 19.7. The highest BCUT2D eigenvalue weighted by Gasteiger charge is 2.67. The van der Waals surface area contributed by atoms with Gasteiger partial charge in [0, 0.05) is 11.3 Å². The molecular formula is C24H20N2O3. The van der Waals surface area contributed by atoms with E-state index in [-0.39, 0.29) is 41.4 Å². The summed E-state index contributed by atoms with van der Waals surface area (Å²) >= 11 is 0. The first-order chi connectivity index (χ1) is 14.1. The van der Waals surface area contributed by atoms with Crippen LogP contribution < -0.4 is 10.2 Å². The first kappa shape index (κ1) is 16.7. The number of anilines is 2. The Balaban J connectivity index is 1.30. The zero-order valence-corrected chi connectivity index (χ0v) is 15.7. The van der Waals surface area contributed by atoms with Crippen LogP contribution in [0.15, 0.2) is 66.7 Å². The third kappa shape index (κ3) is 2.36. The Bertz CT molecular complexity index is 1040. The number of carbonyl (C=O) groups excluding carboxylic acids is 3. The Kier molecular flexibility index (Phi) is 3.40. The average molecular weight is 384 g/mol. The molecule has 1 saturated heterocycles. The number of nitrogens with zero attached hydrogens (tertiary/aromatic N) is 1. The highest BCUT2D eigenvalue weighted by Crippen LogP contribution is 2.65. The molecule has 1 heterocycles. The van der Waals surface area contributed by atoms with Gasteiger partial charge in [-0.1, -0.05) is 36.4 Å². The molecule has 144 valence electrons. The fourth-order valence-electron chi connectivity index (χ4n) is 5.72. The second-order valence-corrected chi connectivity index (χ2v) is 8.54. The van der Waals surface area contributed by atoms with Crippen molar-refractivity contribution in [1.82, 2.24) is 0 Å². The topological polar surface area (TPSA) is 66.5 Å². The summed E-state index contributed by atoms with van der Waals surface area (Å²) in [4.78, 5) is 40.5. The first-order valence-electron chi connectivity index (χ1n) is 10.2. The summed E-state index contributed by atoms with van der Waals surface area (Å²) in [7, 11) is 0. The van der Waals surface area contributed by atoms with Gasteiger partial charge in [0.25, 0.3) is 5.91 Å². The molecular weight excluding hydrogens is 364 g/mol. The lowest BCUT2D eigenvalue weighted by Crippen LogP contribution is -2.40. The molecule has 6 atom stereocenters. The van der Waals surface area contributed by atoms with Gasteiger partial charge in [-0.2, -0.15) is 0 Å². The van der Waals surface area contributed by atoms with Gasteiger partial charge in [-0.25, -0.2) is 4.90 Å². The van der Waals surface area contributed by atoms with Crippen molar-refractivity contribution in [3.8, 4) is 0 Å². The lowest BCUT2D eigenvalue weighted by Gasteiger charge is -2.37. The molecule has 2 aromatic carbocycles. The standard InChI is InChI=1S/C24H20N2O3/c27-22(25-14-6-2-1-3-7-14)13-5-4-8-15(11-13)26-23(28)20-16-9-10-17(19-12-18(16)19)21(20)24(26)29/h1-11,16-21H,12H2,(H,25,27)/t16-,17+,18+,19-,20-,21+. The van der Waals surface area contributed by atoms with Crippen LogP contribution >= 0.6 is 0 Å². The number of benzene rings is 2. The van der Waals surface area contributed by atoms with Crippen LogP contribution in [0, 0.1) is 35.5 Å². The molecule has 5 nitrogen and oxygen atoms in total. The highest BCUT2D eigenvalue weighted by atomic mass is 16.2. The number of amides is 3. The third-order valence-corrected chi connectivity index (χ3v) is 7.06. The zero-order valence-electron chi connectivity index (χ0n) is 15.7. The Morgan fingerprint density at radius 1 is 0.862 bits per heavy atom. The van der Waals surface area contributed by atoms with Gasteiger partial charge in [0.05, 0.1) is 17.5 Å². The Hall–Kier alpha value is -3.21. The molecule has 2 aromatic rings. The molecule has 2 saturated carbocycles. The van der Waals surface area contributed by atoms with Crippen molar-refractivity contribution < 1.29 is 14.4 Å². The molecule has 3 fully saturated rings. The normalized spacial score (nSPS) is 33.4. The summed E-state index contributed by atoms with van der Waals surface area (Å²) in [5.41, 5.74) is 1.61. The minimum Gasteiger partial charge on any atom is -0.322 e. The number of carbonyl (C=O) groups is 3. The second-order valence-electron chi connectivity index (χ2n) is 8.54. The molecule has 1 aliphatic heterocycles. The third-order valence-electron chi connectivity index (χ3n) is 7.06. The van der Waals surface area contributed by atoms with Gasteiger partial charge in [0.1, 0.15) is 0 Å². The monoisotopic (exact) mass is 384 g/mol. The molecule has 3 amide bonds. The van der Waals surface area contributed by atoms with Crippen LogP contribution in [0.25, 0.3) is 0 Å². The van der Waals surface area contributed by atoms with E-state index in [1.807, 2.05) is 30.3 Å². The maximum absolute atomic E-state index is 13.2. The number of hydrogen-bond donors (Lipinski definition) is 1. The first-order valence-corrected chi connectivity index (χ1v) is 10.2. The van der Waals surface area contributed by atoms with Gasteiger partial charge >= 0.3 is 0 Å². The number of rotatable bonds is 3. The van der Waals surface area contributed by atoms with Gasteiger partial charge in [-0.3, -0.25) is 14.4 Å². The van der Waals surface area contributed by atoms with Gasteiger partial charge in [0.2, 0.25) is 11.8 Å². The fourth-order valence-corrected chi connectivity index (χ4v) is 5.72. The maximum Gasteiger partial charge on any atom is 0.255 e. The van der Waals surface area contributed by atoms with Crippen LogP contribution in [-0.2, 0) is 9.59 Å². The van der Waals surface area contributed by atoms with Gasteiger partial charge in [-0.05, 0) is 60.4 Å². The maximum atomic E-state index is 13.2. The van der Waals surface area contributed by atoms with E-state index in [1.54, 1.807) is 24.3 Å². The molecule has 5 heteroatoms. The van der Waals surface area contributed by atoms with Gasteiger partial charge < -0.3 is 5.32 Å². The van der Waals surface area contributed by atoms with E-state index in [0.29, 0.717) is 28.8 Å².